The Bertz CT molecular complexity index is 1660. The van der Waals surface area contributed by atoms with E-state index in [1.54, 1.807) is 43.0 Å². The molecule has 0 amide bonds. The van der Waals surface area contributed by atoms with Gasteiger partial charge in [-0.25, -0.2) is 9.37 Å². The second kappa shape index (κ2) is 9.09. The molecule has 0 saturated carbocycles. The molecule has 2 N–H and O–H groups in total. The van der Waals surface area contributed by atoms with Crippen molar-refractivity contribution in [1.82, 2.24) is 24.9 Å². The molecule has 1 aliphatic heterocycles. The first-order valence-electron chi connectivity index (χ1n) is 12.0. The lowest BCUT2D eigenvalue weighted by Crippen LogP contribution is -2.27. The van der Waals surface area contributed by atoms with E-state index in [4.69, 9.17) is 15.0 Å². The van der Waals surface area contributed by atoms with Crippen molar-refractivity contribution < 1.29 is 4.39 Å². The van der Waals surface area contributed by atoms with Gasteiger partial charge < -0.3 is 15.2 Å². The fourth-order valence-electron chi connectivity index (χ4n) is 4.55. The number of aliphatic imine (C=N–C) groups is 1. The Morgan fingerprint density at radius 2 is 1.81 bits per heavy atom. The van der Waals surface area contributed by atoms with Crippen LogP contribution in [0.5, 0.6) is 0 Å². The number of nitrogens with zero attached hydrogens (tertiary/aromatic N) is 6. The molecule has 0 bridgehead atoms. The van der Waals surface area contributed by atoms with E-state index in [0.29, 0.717) is 34.7 Å². The average Bonchev–Trinajstić information content (AvgIpc) is 3.33. The van der Waals surface area contributed by atoms with Gasteiger partial charge in [0.1, 0.15) is 23.7 Å². The molecule has 6 rings (SSSR count). The minimum atomic E-state index is -0.318. The number of imidazole rings is 1. The number of pyridine rings is 3. The van der Waals surface area contributed by atoms with E-state index < -0.39 is 0 Å². The van der Waals surface area contributed by atoms with Crippen molar-refractivity contribution in [1.29, 1.82) is 0 Å². The highest BCUT2D eigenvalue weighted by molar-refractivity contribution is 6.16. The number of nitrogens with one attached hydrogen (secondary N) is 2. The van der Waals surface area contributed by atoms with Crippen molar-refractivity contribution in [3.8, 4) is 22.4 Å². The number of hydrogen-bond acceptors (Lipinski definition) is 7. The van der Waals surface area contributed by atoms with E-state index in [2.05, 4.69) is 34.1 Å². The summed E-state index contributed by atoms with van der Waals surface area (Å²) in [5, 5.41) is 3.39. The molecule has 184 valence electrons. The monoisotopic (exact) mass is 492 g/mol. The molecular formula is C28H25FN8. The number of fused-ring (bicyclic) bond motifs is 2. The Labute approximate surface area is 213 Å². The molecule has 0 saturated heterocycles. The van der Waals surface area contributed by atoms with Gasteiger partial charge in [0.15, 0.2) is 5.82 Å². The molecule has 1 aromatic carbocycles. The maximum atomic E-state index is 14.6. The third-order valence-electron chi connectivity index (χ3n) is 6.26. The summed E-state index contributed by atoms with van der Waals surface area (Å²) in [6.07, 6.45) is 8.80. The minimum Gasteiger partial charge on any atom is -0.382 e. The van der Waals surface area contributed by atoms with Crippen LogP contribution in [0.2, 0.25) is 0 Å². The first-order valence-corrected chi connectivity index (χ1v) is 12.0. The predicted molar refractivity (Wildman–Crippen MR) is 144 cm³/mol. The Morgan fingerprint density at radius 1 is 0.973 bits per heavy atom. The summed E-state index contributed by atoms with van der Waals surface area (Å²) in [4.78, 5) is 28.5. The van der Waals surface area contributed by atoms with Crippen molar-refractivity contribution in [2.24, 2.45) is 4.99 Å². The zero-order valence-electron chi connectivity index (χ0n) is 20.7. The van der Waals surface area contributed by atoms with E-state index in [0.717, 1.165) is 33.9 Å². The zero-order chi connectivity index (χ0) is 25.5. The van der Waals surface area contributed by atoms with Crippen LogP contribution in [0.25, 0.3) is 33.4 Å². The number of H-pyrrole nitrogens is 1. The standard InChI is InChI=1S/C28H25FN8/c1-16(2)34-18-8-17(10-30-11-18)23-9-20-25(14-32-23)37(3)15-33-27(20)28-35-24-13-31-12-21(26(24)36-28)19-6-4-5-7-22(19)29/h4-14,16,34H,15H2,1-3H3,(H,35,36). The molecule has 0 fully saturated rings. The lowest BCUT2D eigenvalue weighted by molar-refractivity contribution is 0.631. The fourth-order valence-corrected chi connectivity index (χ4v) is 4.55. The molecule has 0 atom stereocenters. The fraction of sp³-hybridized carbons (Fsp3) is 0.179. The van der Waals surface area contributed by atoms with Crippen molar-refractivity contribution in [3.63, 3.8) is 0 Å². The molecule has 0 aliphatic carbocycles. The van der Waals surface area contributed by atoms with Crippen LogP contribution in [0.3, 0.4) is 0 Å². The highest BCUT2D eigenvalue weighted by atomic mass is 19.1. The smallest absolute Gasteiger partial charge is 0.157 e. The Balaban J connectivity index is 1.45. The van der Waals surface area contributed by atoms with Gasteiger partial charge in [0.25, 0.3) is 0 Å². The van der Waals surface area contributed by atoms with Crippen LogP contribution in [-0.2, 0) is 0 Å². The SMILES string of the molecule is CC(C)Nc1cncc(-c2cc3c(cn2)N(C)CN=C3c2nc3c(-c4ccccc4F)cncc3[nH]2)c1. The van der Waals surface area contributed by atoms with Crippen LogP contribution in [0, 0.1) is 5.82 Å². The normalized spacial score (nSPS) is 13.1. The molecule has 0 spiro atoms. The summed E-state index contributed by atoms with van der Waals surface area (Å²) in [6.45, 7) is 4.64. The van der Waals surface area contributed by atoms with Gasteiger partial charge in [-0.3, -0.25) is 19.9 Å². The van der Waals surface area contributed by atoms with E-state index >= 15 is 0 Å². The van der Waals surface area contributed by atoms with E-state index in [1.807, 2.05) is 30.3 Å². The molecule has 8 nitrogen and oxygen atoms in total. The number of rotatable bonds is 5. The molecular weight excluding hydrogens is 467 g/mol. The van der Waals surface area contributed by atoms with Gasteiger partial charge in [0.2, 0.25) is 0 Å². The highest BCUT2D eigenvalue weighted by Crippen LogP contribution is 2.32. The number of anilines is 2. The number of halogens is 1. The first kappa shape index (κ1) is 22.8. The van der Waals surface area contributed by atoms with Crippen LogP contribution in [0.1, 0.15) is 25.2 Å². The van der Waals surface area contributed by atoms with Gasteiger partial charge >= 0.3 is 0 Å². The topological polar surface area (TPSA) is 95.0 Å². The molecule has 5 heterocycles. The van der Waals surface area contributed by atoms with E-state index in [9.17, 15) is 4.39 Å². The molecule has 9 heteroatoms. The van der Waals surface area contributed by atoms with Crippen molar-refractivity contribution >= 4 is 28.1 Å². The van der Waals surface area contributed by atoms with Crippen LogP contribution in [0.4, 0.5) is 15.8 Å². The average molecular weight is 493 g/mol. The lowest BCUT2D eigenvalue weighted by Gasteiger charge is -2.25. The maximum absolute atomic E-state index is 14.6. The van der Waals surface area contributed by atoms with Crippen molar-refractivity contribution in [3.05, 3.63) is 84.6 Å². The van der Waals surface area contributed by atoms with Crippen LogP contribution in [-0.4, -0.2) is 50.4 Å². The molecule has 5 aromatic rings. The third kappa shape index (κ3) is 4.18. The summed E-state index contributed by atoms with van der Waals surface area (Å²) < 4.78 is 14.6. The highest BCUT2D eigenvalue weighted by Gasteiger charge is 2.24. The zero-order valence-corrected chi connectivity index (χ0v) is 20.7. The number of hydrogen-bond donors (Lipinski definition) is 2. The Hall–Kier alpha value is -4.66. The summed E-state index contributed by atoms with van der Waals surface area (Å²) in [5.41, 5.74) is 7.63. The summed E-state index contributed by atoms with van der Waals surface area (Å²) >= 11 is 0. The summed E-state index contributed by atoms with van der Waals surface area (Å²) in [5.74, 6) is 0.280. The predicted octanol–water partition coefficient (Wildman–Crippen LogP) is 5.29. The number of aromatic nitrogens is 5. The van der Waals surface area contributed by atoms with Crippen LogP contribution >= 0.6 is 0 Å². The Kier molecular flexibility index (Phi) is 5.60. The largest absolute Gasteiger partial charge is 0.382 e. The van der Waals surface area contributed by atoms with Gasteiger partial charge in [-0.15, -0.1) is 0 Å². The lowest BCUT2D eigenvalue weighted by atomic mass is 10.0. The first-order chi connectivity index (χ1) is 18.0. The second-order valence-electron chi connectivity index (χ2n) is 9.34. The van der Waals surface area contributed by atoms with Gasteiger partial charge in [0.05, 0.1) is 35.0 Å². The summed E-state index contributed by atoms with van der Waals surface area (Å²) in [6, 6.07) is 11.0. The number of benzene rings is 1. The maximum Gasteiger partial charge on any atom is 0.157 e. The van der Waals surface area contributed by atoms with E-state index in [-0.39, 0.29) is 11.9 Å². The number of aromatic amines is 1. The van der Waals surface area contributed by atoms with Crippen molar-refractivity contribution in [2.45, 2.75) is 19.9 Å². The molecule has 1 aliphatic rings. The summed E-state index contributed by atoms with van der Waals surface area (Å²) in [7, 11) is 1.98. The second-order valence-corrected chi connectivity index (χ2v) is 9.34. The van der Waals surface area contributed by atoms with Gasteiger partial charge in [-0.1, -0.05) is 18.2 Å². The van der Waals surface area contributed by atoms with Gasteiger partial charge in [-0.05, 0) is 32.0 Å². The Morgan fingerprint density at radius 3 is 2.65 bits per heavy atom. The molecule has 0 radical (unpaired) electrons. The molecule has 37 heavy (non-hydrogen) atoms. The molecule has 0 unspecified atom stereocenters. The van der Waals surface area contributed by atoms with Crippen LogP contribution < -0.4 is 10.2 Å². The van der Waals surface area contributed by atoms with Gasteiger partial charge in [-0.2, -0.15) is 0 Å². The molecule has 4 aromatic heterocycles. The van der Waals surface area contributed by atoms with Gasteiger partial charge in [0, 0.05) is 53.9 Å². The minimum absolute atomic E-state index is 0.290. The van der Waals surface area contributed by atoms with Crippen molar-refractivity contribution in [2.75, 3.05) is 23.9 Å². The quantitative estimate of drug-likeness (QED) is 0.346. The van der Waals surface area contributed by atoms with Crippen LogP contribution in [0.15, 0.2) is 72.4 Å². The third-order valence-corrected chi connectivity index (χ3v) is 6.26. The van der Waals surface area contributed by atoms with E-state index in [1.165, 1.54) is 6.07 Å².